The Labute approximate surface area is 38.1 Å². The van der Waals surface area contributed by atoms with E-state index in [2.05, 4.69) is 0 Å². The molecule has 0 unspecified atom stereocenters. The van der Waals surface area contributed by atoms with E-state index in [-0.39, 0.29) is 11.0 Å². The smallest absolute Gasteiger partial charge is 0.270 e. The average molecular weight is 102 g/mol. The number of hydrogen-bond donors (Lipinski definition) is 0. The molecule has 0 aromatic carbocycles. The molecule has 4 radical (unpaired) electrons. The van der Waals surface area contributed by atoms with E-state index in [9.17, 15) is 4.46 Å². The molecule has 1 nitrogen and oxygen atoms in total. The molecule has 0 aliphatic heterocycles. The molecule has 0 aliphatic rings. The highest BCUT2D eigenvalue weighted by Gasteiger charge is 1.68. The van der Waals surface area contributed by atoms with Crippen LogP contribution < -0.4 is 0 Å². The standard InChI is InChI=1S/C2H6OSi.Si/c1-4(2)3;/h1-2H3;. The van der Waals surface area contributed by atoms with Gasteiger partial charge in [0.1, 0.15) is 0 Å². The van der Waals surface area contributed by atoms with Crippen LogP contribution in [0.15, 0.2) is 0 Å². The van der Waals surface area contributed by atoms with Crippen LogP contribution in [0, 0.1) is 0 Å². The van der Waals surface area contributed by atoms with Gasteiger partial charge in [-0.1, -0.05) is 0 Å². The lowest BCUT2D eigenvalue weighted by Crippen LogP contribution is -1.72. The maximum absolute atomic E-state index is 9.63. The summed E-state index contributed by atoms with van der Waals surface area (Å²) in [7, 11) is -1.13. The van der Waals surface area contributed by atoms with Crippen molar-refractivity contribution in [2.45, 2.75) is 13.1 Å². The van der Waals surface area contributed by atoms with E-state index in [0.717, 1.165) is 0 Å². The molecule has 0 saturated carbocycles. The lowest BCUT2D eigenvalue weighted by Gasteiger charge is -1.51. The van der Waals surface area contributed by atoms with Gasteiger partial charge in [0, 0.05) is 11.0 Å². The van der Waals surface area contributed by atoms with Crippen molar-refractivity contribution in [1.82, 2.24) is 0 Å². The second kappa shape index (κ2) is 4.23. The van der Waals surface area contributed by atoms with E-state index < -0.39 is 8.68 Å². The maximum Gasteiger partial charge on any atom is 0.270 e. The van der Waals surface area contributed by atoms with Crippen LogP contribution in [0.4, 0.5) is 0 Å². The number of hydrogen-bond acceptors (Lipinski definition) is 1. The quantitative estimate of drug-likeness (QED) is 0.402. The van der Waals surface area contributed by atoms with Crippen LogP contribution >= 0.6 is 0 Å². The van der Waals surface area contributed by atoms with Gasteiger partial charge in [-0.15, -0.1) is 0 Å². The predicted octanol–water partition coefficient (Wildman–Crippen LogP) is 0.287. The topological polar surface area (TPSA) is 17.1 Å². The molecule has 0 aromatic rings. The largest absolute Gasteiger partial charge is 0.389 e. The Kier molecular flexibility index (Phi) is 7.60. The summed E-state index contributed by atoms with van der Waals surface area (Å²) in [6, 6.07) is 0. The first-order valence-corrected chi connectivity index (χ1v) is 3.61. The maximum atomic E-state index is 9.63. The summed E-state index contributed by atoms with van der Waals surface area (Å²) >= 11 is 0. The van der Waals surface area contributed by atoms with Gasteiger partial charge in [-0.05, 0) is 13.1 Å². The van der Waals surface area contributed by atoms with Crippen LogP contribution in [0.5, 0.6) is 0 Å². The Bertz CT molecular complexity index is 30.6. The monoisotopic (exact) mass is 102 g/mol. The summed E-state index contributed by atoms with van der Waals surface area (Å²) in [5, 5.41) is 0. The first-order valence-electron chi connectivity index (χ1n) is 1.20. The molecule has 0 spiro atoms. The van der Waals surface area contributed by atoms with Crippen molar-refractivity contribution in [1.29, 1.82) is 0 Å². The van der Waals surface area contributed by atoms with Crippen LogP contribution in [0.2, 0.25) is 13.1 Å². The van der Waals surface area contributed by atoms with Crippen molar-refractivity contribution in [2.75, 3.05) is 0 Å². The van der Waals surface area contributed by atoms with Crippen molar-refractivity contribution in [3.8, 4) is 0 Å². The van der Waals surface area contributed by atoms with Crippen LogP contribution in [0.1, 0.15) is 0 Å². The van der Waals surface area contributed by atoms with E-state index in [0.29, 0.717) is 0 Å². The Morgan fingerprint density at radius 1 is 1.40 bits per heavy atom. The molecule has 5 heavy (non-hydrogen) atoms. The average Bonchev–Trinajstić information content (AvgIpc) is 0.811. The third-order valence-corrected chi connectivity index (χ3v) is 0. The molecule has 0 N–H and O–H groups in total. The normalized spacial score (nSPS) is 5.20. The molecule has 0 saturated heterocycles. The van der Waals surface area contributed by atoms with Gasteiger partial charge in [-0.2, -0.15) is 0 Å². The Balaban J connectivity index is 0. The minimum atomic E-state index is -1.13. The lowest BCUT2D eigenvalue weighted by molar-refractivity contribution is 0.569. The molecule has 0 atom stereocenters. The van der Waals surface area contributed by atoms with Crippen LogP contribution in [0.25, 0.3) is 0 Å². The van der Waals surface area contributed by atoms with Crippen LogP contribution in [0.3, 0.4) is 0 Å². The zero-order chi connectivity index (χ0) is 3.58. The fourth-order valence-electron chi connectivity index (χ4n) is 0. The summed E-state index contributed by atoms with van der Waals surface area (Å²) in [6.07, 6.45) is 0. The second-order valence-corrected chi connectivity index (χ2v) is 2.72. The lowest BCUT2D eigenvalue weighted by atomic mass is 11.9. The summed E-state index contributed by atoms with van der Waals surface area (Å²) in [5.41, 5.74) is 0. The molecule has 0 rings (SSSR count). The van der Waals surface area contributed by atoms with Crippen LogP contribution in [-0.2, 0) is 4.46 Å². The highest BCUT2D eigenvalue weighted by Crippen LogP contribution is 1.49. The third-order valence-electron chi connectivity index (χ3n) is 0. The highest BCUT2D eigenvalue weighted by atomic mass is 28.3. The molecule has 0 aliphatic carbocycles. The van der Waals surface area contributed by atoms with Gasteiger partial charge < -0.3 is 4.46 Å². The molecular formula is C2H6OSi2. The summed E-state index contributed by atoms with van der Waals surface area (Å²) < 4.78 is 9.63. The minimum Gasteiger partial charge on any atom is -0.389 e. The molecule has 0 aromatic heterocycles. The first kappa shape index (κ1) is 8.97. The fourth-order valence-corrected chi connectivity index (χ4v) is 0. The Morgan fingerprint density at radius 2 is 1.40 bits per heavy atom. The van der Waals surface area contributed by atoms with Crippen molar-refractivity contribution < 1.29 is 4.46 Å². The summed E-state index contributed by atoms with van der Waals surface area (Å²) in [5.74, 6) is 0. The number of rotatable bonds is 0. The van der Waals surface area contributed by atoms with Gasteiger partial charge in [0.2, 0.25) is 0 Å². The molecular weight excluding hydrogens is 96.2 g/mol. The van der Waals surface area contributed by atoms with E-state index >= 15 is 0 Å². The van der Waals surface area contributed by atoms with Gasteiger partial charge in [-0.25, -0.2) is 0 Å². The highest BCUT2D eigenvalue weighted by molar-refractivity contribution is 6.38. The molecule has 0 heterocycles. The predicted molar refractivity (Wildman–Crippen MR) is 23.9 cm³/mol. The van der Waals surface area contributed by atoms with Gasteiger partial charge in [-0.3, -0.25) is 0 Å². The third kappa shape index (κ3) is 387. The molecule has 0 fully saturated rings. The van der Waals surface area contributed by atoms with E-state index in [1.807, 2.05) is 0 Å². The van der Waals surface area contributed by atoms with Crippen molar-refractivity contribution in [2.24, 2.45) is 0 Å². The minimum absolute atomic E-state index is 0. The van der Waals surface area contributed by atoms with E-state index in [1.165, 1.54) is 0 Å². The Morgan fingerprint density at radius 3 is 1.40 bits per heavy atom. The van der Waals surface area contributed by atoms with Crippen molar-refractivity contribution in [3.63, 3.8) is 0 Å². The van der Waals surface area contributed by atoms with E-state index in [1.54, 1.807) is 13.1 Å². The molecule has 28 valence electrons. The summed E-state index contributed by atoms with van der Waals surface area (Å²) in [4.78, 5) is 0. The Hall–Kier alpha value is 0.234. The first-order chi connectivity index (χ1) is 1.73. The second-order valence-electron chi connectivity index (χ2n) is 0.908. The zero-order valence-corrected chi connectivity index (χ0v) is 5.41. The zero-order valence-electron chi connectivity index (χ0n) is 3.41. The molecule has 0 amide bonds. The van der Waals surface area contributed by atoms with Gasteiger partial charge in [0.05, 0.1) is 0 Å². The molecule has 0 bridgehead atoms. The van der Waals surface area contributed by atoms with Crippen LogP contribution in [-0.4, -0.2) is 19.6 Å². The summed E-state index contributed by atoms with van der Waals surface area (Å²) in [6.45, 7) is 3.43. The molecule has 3 heteroatoms. The fraction of sp³-hybridized carbons (Fsp3) is 1.00. The SMILES string of the molecule is C[Si](C)=O.[Si]. The van der Waals surface area contributed by atoms with Crippen molar-refractivity contribution in [3.05, 3.63) is 0 Å². The van der Waals surface area contributed by atoms with Gasteiger partial charge >= 0.3 is 0 Å². The van der Waals surface area contributed by atoms with E-state index in [4.69, 9.17) is 0 Å². The van der Waals surface area contributed by atoms with Gasteiger partial charge in [0.15, 0.2) is 0 Å². The van der Waals surface area contributed by atoms with Crippen molar-refractivity contribution >= 4 is 19.6 Å². The van der Waals surface area contributed by atoms with Gasteiger partial charge in [0.25, 0.3) is 8.68 Å².